The van der Waals surface area contributed by atoms with Crippen LogP contribution in [0, 0.1) is 0 Å². The largest absolute Gasteiger partial charge is 0.466 e. The topological polar surface area (TPSA) is 26.3 Å². The quantitative estimate of drug-likeness (QED) is 0.663. The van der Waals surface area contributed by atoms with Crippen LogP contribution in [0.4, 0.5) is 0 Å². The average molecular weight is 322 g/mol. The number of carbonyl (C=O) groups excluding carboxylic acids is 1. The Hall–Kier alpha value is -2.09. The molecule has 1 aliphatic rings. The molecule has 0 bridgehead atoms. The van der Waals surface area contributed by atoms with Gasteiger partial charge in [-0.1, -0.05) is 61.5 Å². The number of esters is 1. The highest BCUT2D eigenvalue weighted by molar-refractivity contribution is 5.69. The summed E-state index contributed by atoms with van der Waals surface area (Å²) in [4.78, 5) is 11.8. The zero-order chi connectivity index (χ0) is 16.8. The molecule has 3 rings (SSSR count). The number of benzene rings is 2. The van der Waals surface area contributed by atoms with E-state index in [1.807, 2.05) is 6.92 Å². The fourth-order valence-electron chi connectivity index (χ4n) is 3.79. The standard InChI is InChI=1S/C22H26O2/c1-2-16-24-22(23)15-13-18-12-14-20(17-8-4-3-5-9-17)21-11-7-6-10-19(18)21/h3-11,18,20H,2,12-16H2,1H3. The molecule has 0 heterocycles. The number of hydrogen-bond acceptors (Lipinski definition) is 2. The first-order valence-corrected chi connectivity index (χ1v) is 9.09. The van der Waals surface area contributed by atoms with Crippen molar-refractivity contribution in [3.63, 3.8) is 0 Å². The van der Waals surface area contributed by atoms with E-state index in [2.05, 4.69) is 54.6 Å². The molecular weight excluding hydrogens is 296 g/mol. The molecule has 0 saturated heterocycles. The predicted octanol–water partition coefficient (Wildman–Crippen LogP) is 5.43. The first-order chi connectivity index (χ1) is 11.8. The van der Waals surface area contributed by atoms with Gasteiger partial charge < -0.3 is 4.74 Å². The lowest BCUT2D eigenvalue weighted by atomic mass is 9.73. The van der Waals surface area contributed by atoms with Gasteiger partial charge in [-0.25, -0.2) is 0 Å². The third-order valence-electron chi connectivity index (χ3n) is 4.98. The van der Waals surface area contributed by atoms with E-state index in [9.17, 15) is 4.79 Å². The van der Waals surface area contributed by atoms with Crippen molar-refractivity contribution in [2.24, 2.45) is 0 Å². The van der Waals surface area contributed by atoms with E-state index in [1.54, 1.807) is 0 Å². The summed E-state index contributed by atoms with van der Waals surface area (Å²) in [5.41, 5.74) is 4.24. The Morgan fingerprint density at radius 2 is 1.71 bits per heavy atom. The molecule has 1 aliphatic carbocycles. The molecule has 126 valence electrons. The molecule has 2 aromatic carbocycles. The van der Waals surface area contributed by atoms with Crippen molar-refractivity contribution in [1.29, 1.82) is 0 Å². The van der Waals surface area contributed by atoms with Crippen molar-refractivity contribution in [2.75, 3.05) is 6.61 Å². The van der Waals surface area contributed by atoms with Gasteiger partial charge in [0.15, 0.2) is 0 Å². The molecule has 0 amide bonds. The van der Waals surface area contributed by atoms with Crippen LogP contribution in [0.25, 0.3) is 0 Å². The van der Waals surface area contributed by atoms with Crippen LogP contribution in [-0.4, -0.2) is 12.6 Å². The summed E-state index contributed by atoms with van der Waals surface area (Å²) in [6.07, 6.45) is 4.58. The van der Waals surface area contributed by atoms with Crippen molar-refractivity contribution in [3.8, 4) is 0 Å². The molecule has 0 spiro atoms. The van der Waals surface area contributed by atoms with E-state index < -0.39 is 0 Å². The van der Waals surface area contributed by atoms with Crippen LogP contribution < -0.4 is 0 Å². The molecular formula is C22H26O2. The lowest BCUT2D eigenvalue weighted by Gasteiger charge is -2.32. The van der Waals surface area contributed by atoms with Crippen LogP contribution in [-0.2, 0) is 9.53 Å². The summed E-state index contributed by atoms with van der Waals surface area (Å²) in [5, 5.41) is 0. The number of carbonyl (C=O) groups is 1. The van der Waals surface area contributed by atoms with Gasteiger partial charge in [-0.15, -0.1) is 0 Å². The second-order valence-corrected chi connectivity index (χ2v) is 6.63. The van der Waals surface area contributed by atoms with Gasteiger partial charge in [0.2, 0.25) is 0 Å². The van der Waals surface area contributed by atoms with Crippen LogP contribution in [0.2, 0.25) is 0 Å². The SMILES string of the molecule is CCCOC(=O)CCC1CCC(c2ccccc2)c2ccccc21. The van der Waals surface area contributed by atoms with Gasteiger partial charge in [0.25, 0.3) is 0 Å². The lowest BCUT2D eigenvalue weighted by Crippen LogP contribution is -2.17. The summed E-state index contributed by atoms with van der Waals surface area (Å²) in [7, 11) is 0. The lowest BCUT2D eigenvalue weighted by molar-refractivity contribution is -0.143. The van der Waals surface area contributed by atoms with Crippen molar-refractivity contribution in [2.45, 2.75) is 50.9 Å². The normalized spacial score (nSPS) is 19.5. The van der Waals surface area contributed by atoms with Gasteiger partial charge in [0.1, 0.15) is 0 Å². The molecule has 24 heavy (non-hydrogen) atoms. The van der Waals surface area contributed by atoms with Crippen LogP contribution in [0.5, 0.6) is 0 Å². The number of ether oxygens (including phenoxy) is 1. The Labute approximate surface area is 144 Å². The molecule has 0 aromatic heterocycles. The van der Waals surface area contributed by atoms with Gasteiger partial charge in [0, 0.05) is 12.3 Å². The Balaban J connectivity index is 1.73. The van der Waals surface area contributed by atoms with E-state index in [-0.39, 0.29) is 5.97 Å². The Bertz CT molecular complexity index is 663. The highest BCUT2D eigenvalue weighted by atomic mass is 16.5. The molecule has 0 radical (unpaired) electrons. The van der Waals surface area contributed by atoms with E-state index in [1.165, 1.54) is 16.7 Å². The Morgan fingerprint density at radius 1 is 1.00 bits per heavy atom. The van der Waals surface area contributed by atoms with Crippen molar-refractivity contribution in [3.05, 3.63) is 71.3 Å². The number of rotatable bonds is 6. The summed E-state index contributed by atoms with van der Waals surface area (Å²) in [6, 6.07) is 19.5. The molecule has 0 fully saturated rings. The first kappa shape index (κ1) is 16.8. The average Bonchev–Trinajstić information content (AvgIpc) is 2.65. The van der Waals surface area contributed by atoms with Gasteiger partial charge >= 0.3 is 5.97 Å². The summed E-state index contributed by atoms with van der Waals surface area (Å²) < 4.78 is 5.22. The zero-order valence-corrected chi connectivity index (χ0v) is 14.4. The van der Waals surface area contributed by atoms with Crippen molar-refractivity contribution in [1.82, 2.24) is 0 Å². The minimum Gasteiger partial charge on any atom is -0.466 e. The second kappa shape index (κ2) is 8.14. The Kier molecular flexibility index (Phi) is 5.68. The maximum atomic E-state index is 11.8. The van der Waals surface area contributed by atoms with Crippen LogP contribution in [0.1, 0.15) is 67.6 Å². The Morgan fingerprint density at radius 3 is 2.46 bits per heavy atom. The van der Waals surface area contributed by atoms with Crippen LogP contribution >= 0.6 is 0 Å². The maximum absolute atomic E-state index is 11.8. The number of fused-ring (bicyclic) bond motifs is 1. The molecule has 2 nitrogen and oxygen atoms in total. The molecule has 0 N–H and O–H groups in total. The predicted molar refractivity (Wildman–Crippen MR) is 97.2 cm³/mol. The first-order valence-electron chi connectivity index (χ1n) is 9.09. The minimum atomic E-state index is -0.0560. The van der Waals surface area contributed by atoms with Gasteiger partial charge in [-0.2, -0.15) is 0 Å². The third-order valence-corrected chi connectivity index (χ3v) is 4.98. The summed E-state index contributed by atoms with van der Waals surface area (Å²) >= 11 is 0. The summed E-state index contributed by atoms with van der Waals surface area (Å²) in [6.45, 7) is 2.56. The molecule has 2 atom stereocenters. The molecule has 0 aliphatic heterocycles. The van der Waals surface area contributed by atoms with Gasteiger partial charge in [-0.3, -0.25) is 4.79 Å². The fourth-order valence-corrected chi connectivity index (χ4v) is 3.79. The highest BCUT2D eigenvalue weighted by Gasteiger charge is 2.28. The fraction of sp³-hybridized carbons (Fsp3) is 0.409. The molecule has 2 aromatic rings. The monoisotopic (exact) mass is 322 g/mol. The van der Waals surface area contributed by atoms with Gasteiger partial charge in [-0.05, 0) is 48.3 Å². The zero-order valence-electron chi connectivity index (χ0n) is 14.4. The van der Waals surface area contributed by atoms with E-state index in [0.717, 1.165) is 25.7 Å². The van der Waals surface area contributed by atoms with Gasteiger partial charge in [0.05, 0.1) is 6.61 Å². The smallest absolute Gasteiger partial charge is 0.305 e. The molecule has 2 unspecified atom stereocenters. The van der Waals surface area contributed by atoms with E-state index >= 15 is 0 Å². The van der Waals surface area contributed by atoms with Crippen LogP contribution in [0.15, 0.2) is 54.6 Å². The van der Waals surface area contributed by atoms with Crippen molar-refractivity contribution < 1.29 is 9.53 Å². The van der Waals surface area contributed by atoms with Crippen molar-refractivity contribution >= 4 is 5.97 Å². The summed E-state index contributed by atoms with van der Waals surface area (Å²) in [5.74, 6) is 0.889. The highest BCUT2D eigenvalue weighted by Crippen LogP contribution is 2.43. The van der Waals surface area contributed by atoms with Crippen LogP contribution in [0.3, 0.4) is 0 Å². The third kappa shape index (κ3) is 3.87. The molecule has 0 saturated carbocycles. The minimum absolute atomic E-state index is 0.0560. The second-order valence-electron chi connectivity index (χ2n) is 6.63. The maximum Gasteiger partial charge on any atom is 0.305 e. The molecule has 2 heteroatoms. The van der Waals surface area contributed by atoms with E-state index in [0.29, 0.717) is 24.9 Å². The number of hydrogen-bond donors (Lipinski definition) is 0. The van der Waals surface area contributed by atoms with E-state index in [4.69, 9.17) is 4.74 Å².